The van der Waals surface area contributed by atoms with Gasteiger partial charge in [0.1, 0.15) is 0 Å². The van der Waals surface area contributed by atoms with E-state index in [1.165, 1.54) is 0 Å². The molecule has 1 heterocycles. The second-order valence-corrected chi connectivity index (χ2v) is 2.42. The van der Waals surface area contributed by atoms with Crippen molar-refractivity contribution >= 4 is 0 Å². The van der Waals surface area contributed by atoms with Crippen LogP contribution in [0.1, 0.15) is 19.0 Å². The second kappa shape index (κ2) is 4.66. The van der Waals surface area contributed by atoms with E-state index in [-0.39, 0.29) is 0 Å². The summed E-state index contributed by atoms with van der Waals surface area (Å²) in [6.45, 7) is 3.14. The lowest BCUT2D eigenvalue weighted by molar-refractivity contribution is 0.301. The lowest BCUT2D eigenvalue weighted by Gasteiger charge is -2.01. The minimum Gasteiger partial charge on any atom is -0.477 e. The summed E-state index contributed by atoms with van der Waals surface area (Å²) < 4.78 is 5.24. The van der Waals surface area contributed by atoms with Crippen LogP contribution in [0.25, 0.3) is 0 Å². The highest BCUT2D eigenvalue weighted by molar-refractivity contribution is 5.10. The van der Waals surface area contributed by atoms with Crippen LogP contribution in [0.4, 0.5) is 0 Å². The molecule has 12 heavy (non-hydrogen) atoms. The molecule has 0 fully saturated rings. The van der Waals surface area contributed by atoms with Crippen LogP contribution in [0.3, 0.4) is 0 Å². The van der Waals surface area contributed by atoms with Gasteiger partial charge in [0.25, 0.3) is 0 Å². The van der Waals surface area contributed by atoms with Gasteiger partial charge in [0.2, 0.25) is 5.88 Å². The summed E-state index contributed by atoms with van der Waals surface area (Å²) in [6.07, 6.45) is 0.973. The molecule has 2 N–H and O–H groups in total. The molecule has 0 unspecified atom stereocenters. The molecule has 0 saturated carbocycles. The van der Waals surface area contributed by atoms with Crippen molar-refractivity contribution in [1.29, 1.82) is 0 Å². The molecule has 0 aromatic carbocycles. The van der Waals surface area contributed by atoms with Crippen LogP contribution in [0, 0.1) is 0 Å². The first-order valence-electron chi connectivity index (χ1n) is 4.02. The smallest absolute Gasteiger partial charge is 0.233 e. The Balaban J connectivity index is 2.53. The van der Waals surface area contributed by atoms with E-state index in [9.17, 15) is 0 Å². The summed E-state index contributed by atoms with van der Waals surface area (Å²) in [7, 11) is 0. The van der Waals surface area contributed by atoms with Crippen LogP contribution in [0.15, 0.2) is 12.1 Å². The summed E-state index contributed by atoms with van der Waals surface area (Å²) in [6, 6.07) is 3.60. The summed E-state index contributed by atoms with van der Waals surface area (Å²) in [5.74, 6) is 0.564. The molecular formula is C8H13N3O. The topological polar surface area (TPSA) is 61.0 Å². The van der Waals surface area contributed by atoms with Gasteiger partial charge in [-0.2, -0.15) is 5.10 Å². The SMILES string of the molecule is CCCOc1ccc(CN)nn1. The zero-order valence-electron chi connectivity index (χ0n) is 7.16. The van der Waals surface area contributed by atoms with Gasteiger partial charge in [0.05, 0.1) is 12.3 Å². The highest BCUT2D eigenvalue weighted by atomic mass is 16.5. The van der Waals surface area contributed by atoms with E-state index in [0.717, 1.165) is 12.1 Å². The van der Waals surface area contributed by atoms with Crippen molar-refractivity contribution in [2.24, 2.45) is 5.73 Å². The minimum atomic E-state index is 0.418. The van der Waals surface area contributed by atoms with Crippen LogP contribution in [-0.2, 0) is 6.54 Å². The first-order chi connectivity index (χ1) is 5.86. The monoisotopic (exact) mass is 167 g/mol. The maximum Gasteiger partial charge on any atom is 0.233 e. The predicted octanol–water partition coefficient (Wildman–Crippen LogP) is 0.724. The molecule has 66 valence electrons. The molecule has 0 amide bonds. The molecule has 1 aromatic heterocycles. The molecule has 0 aliphatic heterocycles. The van der Waals surface area contributed by atoms with Gasteiger partial charge < -0.3 is 10.5 Å². The van der Waals surface area contributed by atoms with Crippen molar-refractivity contribution in [3.05, 3.63) is 17.8 Å². The number of hydrogen-bond donors (Lipinski definition) is 1. The third-order valence-electron chi connectivity index (χ3n) is 1.36. The van der Waals surface area contributed by atoms with Gasteiger partial charge in [0, 0.05) is 12.6 Å². The Morgan fingerprint density at radius 1 is 1.42 bits per heavy atom. The van der Waals surface area contributed by atoms with E-state index in [1.807, 2.05) is 13.0 Å². The van der Waals surface area contributed by atoms with Crippen molar-refractivity contribution in [2.45, 2.75) is 19.9 Å². The number of nitrogens with two attached hydrogens (primary N) is 1. The van der Waals surface area contributed by atoms with E-state index >= 15 is 0 Å². The molecular weight excluding hydrogens is 154 g/mol. The molecule has 0 bridgehead atoms. The summed E-state index contributed by atoms with van der Waals surface area (Å²) >= 11 is 0. The van der Waals surface area contributed by atoms with Gasteiger partial charge in [-0.3, -0.25) is 0 Å². The van der Waals surface area contributed by atoms with Crippen molar-refractivity contribution in [3.63, 3.8) is 0 Å². The lowest BCUT2D eigenvalue weighted by atomic mass is 10.4. The van der Waals surface area contributed by atoms with Crippen molar-refractivity contribution < 1.29 is 4.74 Å². The van der Waals surface area contributed by atoms with Crippen LogP contribution < -0.4 is 10.5 Å². The average molecular weight is 167 g/mol. The zero-order valence-corrected chi connectivity index (χ0v) is 7.16. The highest BCUT2D eigenvalue weighted by Crippen LogP contribution is 2.04. The number of hydrogen-bond acceptors (Lipinski definition) is 4. The summed E-state index contributed by atoms with van der Waals surface area (Å²) in [5.41, 5.74) is 6.13. The Morgan fingerprint density at radius 2 is 2.25 bits per heavy atom. The molecule has 4 heteroatoms. The summed E-state index contributed by atoms with van der Waals surface area (Å²) in [5, 5.41) is 7.68. The lowest BCUT2D eigenvalue weighted by Crippen LogP contribution is -2.03. The van der Waals surface area contributed by atoms with E-state index in [0.29, 0.717) is 19.0 Å². The first kappa shape index (κ1) is 8.93. The van der Waals surface area contributed by atoms with Gasteiger partial charge in [-0.1, -0.05) is 6.92 Å². The van der Waals surface area contributed by atoms with Crippen molar-refractivity contribution in [3.8, 4) is 5.88 Å². The largest absolute Gasteiger partial charge is 0.477 e. The van der Waals surface area contributed by atoms with Crippen LogP contribution >= 0.6 is 0 Å². The fraction of sp³-hybridized carbons (Fsp3) is 0.500. The Kier molecular flexibility index (Phi) is 3.47. The molecule has 4 nitrogen and oxygen atoms in total. The molecule has 0 saturated heterocycles. The number of rotatable bonds is 4. The molecule has 0 atom stereocenters. The van der Waals surface area contributed by atoms with E-state index in [2.05, 4.69) is 10.2 Å². The normalized spacial score (nSPS) is 9.83. The van der Waals surface area contributed by atoms with Crippen LogP contribution in [0.2, 0.25) is 0 Å². The Hall–Kier alpha value is -1.16. The fourth-order valence-electron chi connectivity index (χ4n) is 0.740. The van der Waals surface area contributed by atoms with Crippen molar-refractivity contribution in [2.75, 3.05) is 6.61 Å². The van der Waals surface area contributed by atoms with Gasteiger partial charge in [-0.05, 0) is 12.5 Å². The Bertz CT molecular complexity index is 222. The molecule has 0 aliphatic carbocycles. The maximum absolute atomic E-state index is 5.36. The Labute approximate surface area is 71.8 Å². The minimum absolute atomic E-state index is 0.418. The van der Waals surface area contributed by atoms with Gasteiger partial charge in [-0.25, -0.2) is 0 Å². The van der Waals surface area contributed by atoms with Gasteiger partial charge >= 0.3 is 0 Å². The highest BCUT2D eigenvalue weighted by Gasteiger charge is 1.95. The van der Waals surface area contributed by atoms with E-state index < -0.39 is 0 Å². The zero-order chi connectivity index (χ0) is 8.81. The third-order valence-corrected chi connectivity index (χ3v) is 1.36. The van der Waals surface area contributed by atoms with E-state index in [1.54, 1.807) is 6.07 Å². The van der Waals surface area contributed by atoms with Crippen LogP contribution in [-0.4, -0.2) is 16.8 Å². The standard InChI is InChI=1S/C8H13N3O/c1-2-5-12-8-4-3-7(6-9)10-11-8/h3-4H,2,5-6,9H2,1H3. The van der Waals surface area contributed by atoms with Gasteiger partial charge in [-0.15, -0.1) is 5.10 Å². The Morgan fingerprint density at radius 3 is 2.75 bits per heavy atom. The third kappa shape index (κ3) is 2.47. The maximum atomic E-state index is 5.36. The summed E-state index contributed by atoms with van der Waals surface area (Å²) in [4.78, 5) is 0. The molecule has 1 rings (SSSR count). The van der Waals surface area contributed by atoms with Crippen molar-refractivity contribution in [1.82, 2.24) is 10.2 Å². The van der Waals surface area contributed by atoms with E-state index in [4.69, 9.17) is 10.5 Å². The van der Waals surface area contributed by atoms with Crippen LogP contribution in [0.5, 0.6) is 5.88 Å². The predicted molar refractivity (Wildman–Crippen MR) is 45.7 cm³/mol. The molecule has 1 aromatic rings. The molecule has 0 aliphatic rings. The first-order valence-corrected chi connectivity index (χ1v) is 4.02. The quantitative estimate of drug-likeness (QED) is 0.718. The second-order valence-electron chi connectivity index (χ2n) is 2.42. The average Bonchev–Trinajstić information content (AvgIpc) is 2.15. The molecule has 0 radical (unpaired) electrons. The number of nitrogens with zero attached hydrogens (tertiary/aromatic N) is 2. The van der Waals surface area contributed by atoms with Gasteiger partial charge in [0.15, 0.2) is 0 Å². The number of aromatic nitrogens is 2. The fourth-order valence-corrected chi connectivity index (χ4v) is 0.740. The molecule has 0 spiro atoms. The number of ether oxygens (including phenoxy) is 1.